The van der Waals surface area contributed by atoms with Gasteiger partial charge in [-0.2, -0.15) is 0 Å². The zero-order chi connectivity index (χ0) is 10.8. The molecular formula is C14H26. The zero-order valence-corrected chi connectivity index (χ0v) is 10.4. The van der Waals surface area contributed by atoms with E-state index in [9.17, 15) is 0 Å². The summed E-state index contributed by atoms with van der Waals surface area (Å²) in [6.45, 7) is 9.07. The summed E-state index contributed by atoms with van der Waals surface area (Å²) < 4.78 is 0. The lowest BCUT2D eigenvalue weighted by Gasteiger charge is -2.17. The Hall–Kier alpha value is -0.440. The summed E-state index contributed by atoms with van der Waals surface area (Å²) in [5.74, 6) is 8.19. The van der Waals surface area contributed by atoms with Crippen LogP contribution in [0.25, 0.3) is 0 Å². The van der Waals surface area contributed by atoms with Crippen molar-refractivity contribution in [2.24, 2.45) is 11.8 Å². The highest BCUT2D eigenvalue weighted by molar-refractivity contribution is 5.04. The smallest absolute Gasteiger partial charge is 0.0228 e. The molecule has 0 radical (unpaired) electrons. The first-order valence-corrected chi connectivity index (χ1v) is 6.24. The Kier molecular flexibility index (Phi) is 8.84. The maximum absolute atomic E-state index is 3.46. The van der Waals surface area contributed by atoms with Crippen LogP contribution in [-0.2, 0) is 0 Å². The molecule has 0 N–H and O–H groups in total. The average molecular weight is 194 g/mol. The summed E-state index contributed by atoms with van der Waals surface area (Å²) in [6, 6.07) is 0. The predicted octanol–water partition coefficient (Wildman–Crippen LogP) is 4.64. The SMILES string of the molecule is CCCC#CC(CCC)C(C)CCC. The van der Waals surface area contributed by atoms with Gasteiger partial charge in [-0.15, -0.1) is 5.92 Å². The van der Waals surface area contributed by atoms with Gasteiger partial charge in [-0.1, -0.05) is 46.5 Å². The zero-order valence-electron chi connectivity index (χ0n) is 10.4. The fourth-order valence-electron chi connectivity index (χ4n) is 1.79. The average Bonchev–Trinajstić information content (AvgIpc) is 2.17. The molecular weight excluding hydrogens is 168 g/mol. The fourth-order valence-corrected chi connectivity index (χ4v) is 1.79. The molecule has 0 heterocycles. The molecule has 2 unspecified atom stereocenters. The topological polar surface area (TPSA) is 0 Å². The largest absolute Gasteiger partial charge is 0.103 e. The van der Waals surface area contributed by atoms with Crippen LogP contribution < -0.4 is 0 Å². The Labute approximate surface area is 90.5 Å². The third-order valence-electron chi connectivity index (χ3n) is 2.69. The molecule has 0 aromatic heterocycles. The third kappa shape index (κ3) is 6.08. The Bertz CT molecular complexity index is 170. The van der Waals surface area contributed by atoms with E-state index in [4.69, 9.17) is 0 Å². The normalized spacial score (nSPS) is 14.3. The molecule has 0 spiro atoms. The molecule has 82 valence electrons. The van der Waals surface area contributed by atoms with Crippen LogP contribution in [0, 0.1) is 23.7 Å². The van der Waals surface area contributed by atoms with Crippen molar-refractivity contribution in [3.63, 3.8) is 0 Å². The second-order valence-electron chi connectivity index (χ2n) is 4.23. The van der Waals surface area contributed by atoms with Gasteiger partial charge in [0, 0.05) is 12.3 Å². The van der Waals surface area contributed by atoms with E-state index in [-0.39, 0.29) is 0 Å². The molecule has 0 bridgehead atoms. The van der Waals surface area contributed by atoms with Crippen LogP contribution >= 0.6 is 0 Å². The maximum atomic E-state index is 3.46. The van der Waals surface area contributed by atoms with E-state index in [1.54, 1.807) is 0 Å². The van der Waals surface area contributed by atoms with E-state index in [2.05, 4.69) is 39.5 Å². The molecule has 0 saturated heterocycles. The summed E-state index contributed by atoms with van der Waals surface area (Å²) in [6.07, 6.45) is 7.41. The molecule has 0 aliphatic carbocycles. The molecule has 0 aromatic carbocycles. The van der Waals surface area contributed by atoms with Gasteiger partial charge < -0.3 is 0 Å². The van der Waals surface area contributed by atoms with E-state index in [0.717, 1.165) is 12.3 Å². The Morgan fingerprint density at radius 1 is 0.929 bits per heavy atom. The summed E-state index contributed by atoms with van der Waals surface area (Å²) in [7, 11) is 0. The van der Waals surface area contributed by atoms with Crippen LogP contribution in [0.15, 0.2) is 0 Å². The maximum Gasteiger partial charge on any atom is 0.0228 e. The molecule has 14 heavy (non-hydrogen) atoms. The standard InChI is InChI=1S/C14H26/c1-5-8-9-12-14(11-7-3)13(4)10-6-2/h13-14H,5-8,10-11H2,1-4H3. The van der Waals surface area contributed by atoms with E-state index in [0.29, 0.717) is 5.92 Å². The van der Waals surface area contributed by atoms with Crippen molar-refractivity contribution in [3.8, 4) is 11.8 Å². The lowest BCUT2D eigenvalue weighted by molar-refractivity contribution is 0.385. The van der Waals surface area contributed by atoms with Gasteiger partial charge in [0.25, 0.3) is 0 Å². The van der Waals surface area contributed by atoms with E-state index < -0.39 is 0 Å². The first-order valence-electron chi connectivity index (χ1n) is 6.24. The van der Waals surface area contributed by atoms with Crippen LogP contribution in [0.4, 0.5) is 0 Å². The van der Waals surface area contributed by atoms with Crippen LogP contribution in [-0.4, -0.2) is 0 Å². The first kappa shape index (κ1) is 13.6. The van der Waals surface area contributed by atoms with Crippen LogP contribution in [0.3, 0.4) is 0 Å². The van der Waals surface area contributed by atoms with Crippen molar-refractivity contribution in [1.82, 2.24) is 0 Å². The van der Waals surface area contributed by atoms with Gasteiger partial charge in [0.05, 0.1) is 0 Å². The summed E-state index contributed by atoms with van der Waals surface area (Å²) in [5.41, 5.74) is 0. The van der Waals surface area contributed by atoms with Gasteiger partial charge in [0.2, 0.25) is 0 Å². The molecule has 0 saturated carbocycles. The number of hydrogen-bond acceptors (Lipinski definition) is 0. The molecule has 0 fully saturated rings. The van der Waals surface area contributed by atoms with E-state index >= 15 is 0 Å². The van der Waals surface area contributed by atoms with E-state index in [1.165, 1.54) is 32.1 Å². The summed E-state index contributed by atoms with van der Waals surface area (Å²) >= 11 is 0. The Balaban J connectivity index is 4.07. The van der Waals surface area contributed by atoms with Crippen molar-refractivity contribution >= 4 is 0 Å². The summed E-state index contributed by atoms with van der Waals surface area (Å²) in [5, 5.41) is 0. The minimum Gasteiger partial charge on any atom is -0.103 e. The van der Waals surface area contributed by atoms with Crippen molar-refractivity contribution < 1.29 is 0 Å². The quantitative estimate of drug-likeness (QED) is 0.540. The second kappa shape index (κ2) is 9.13. The number of rotatable bonds is 6. The predicted molar refractivity (Wildman–Crippen MR) is 65.2 cm³/mol. The van der Waals surface area contributed by atoms with Crippen molar-refractivity contribution in [2.45, 2.75) is 66.2 Å². The minimum atomic E-state index is 0.645. The van der Waals surface area contributed by atoms with Crippen LogP contribution in [0.5, 0.6) is 0 Å². The highest BCUT2D eigenvalue weighted by atomic mass is 14.2. The molecule has 0 aliphatic rings. The fraction of sp³-hybridized carbons (Fsp3) is 0.857. The monoisotopic (exact) mass is 194 g/mol. The van der Waals surface area contributed by atoms with Crippen LogP contribution in [0.1, 0.15) is 66.2 Å². The molecule has 0 heteroatoms. The van der Waals surface area contributed by atoms with Crippen molar-refractivity contribution in [2.75, 3.05) is 0 Å². The molecule has 0 nitrogen and oxygen atoms in total. The Morgan fingerprint density at radius 2 is 1.57 bits per heavy atom. The van der Waals surface area contributed by atoms with Gasteiger partial charge in [0.15, 0.2) is 0 Å². The highest BCUT2D eigenvalue weighted by Crippen LogP contribution is 2.21. The van der Waals surface area contributed by atoms with Gasteiger partial charge in [-0.3, -0.25) is 0 Å². The summed E-state index contributed by atoms with van der Waals surface area (Å²) in [4.78, 5) is 0. The molecule has 0 aliphatic heterocycles. The molecule has 0 rings (SSSR count). The number of hydrogen-bond donors (Lipinski definition) is 0. The minimum absolute atomic E-state index is 0.645. The Morgan fingerprint density at radius 3 is 2.07 bits per heavy atom. The molecule has 2 atom stereocenters. The number of unbranched alkanes of at least 4 members (excludes halogenated alkanes) is 1. The van der Waals surface area contributed by atoms with Crippen LogP contribution in [0.2, 0.25) is 0 Å². The van der Waals surface area contributed by atoms with Gasteiger partial charge in [0.1, 0.15) is 0 Å². The van der Waals surface area contributed by atoms with Crippen molar-refractivity contribution in [1.29, 1.82) is 0 Å². The lowest BCUT2D eigenvalue weighted by atomic mass is 9.87. The van der Waals surface area contributed by atoms with E-state index in [1.807, 2.05) is 0 Å². The second-order valence-corrected chi connectivity index (χ2v) is 4.23. The van der Waals surface area contributed by atoms with Gasteiger partial charge >= 0.3 is 0 Å². The highest BCUT2D eigenvalue weighted by Gasteiger charge is 2.12. The molecule has 0 amide bonds. The first-order chi connectivity index (χ1) is 6.76. The molecule has 0 aromatic rings. The third-order valence-corrected chi connectivity index (χ3v) is 2.69. The van der Waals surface area contributed by atoms with Gasteiger partial charge in [-0.05, 0) is 25.2 Å². The lowest BCUT2D eigenvalue weighted by Crippen LogP contribution is -2.09. The van der Waals surface area contributed by atoms with Crippen molar-refractivity contribution in [3.05, 3.63) is 0 Å². The van der Waals surface area contributed by atoms with Gasteiger partial charge in [-0.25, -0.2) is 0 Å².